The molecule has 0 amide bonds. The number of benzene rings is 1. The van der Waals surface area contributed by atoms with E-state index in [9.17, 15) is 31.5 Å². The van der Waals surface area contributed by atoms with Gasteiger partial charge in [0, 0.05) is 13.8 Å². The zero-order valence-electron chi connectivity index (χ0n) is 14.9. The topological polar surface area (TPSA) is 61.8 Å². The first-order valence-corrected chi connectivity index (χ1v) is 7.99. The second-order valence-electron chi connectivity index (χ2n) is 6.92. The summed E-state index contributed by atoms with van der Waals surface area (Å²) in [6, 6.07) is 0. The highest BCUT2D eigenvalue weighted by molar-refractivity contribution is 5.86. The fraction of sp³-hybridized carbons (Fsp3) is 0.529. The van der Waals surface area contributed by atoms with E-state index in [4.69, 9.17) is 9.47 Å². The van der Waals surface area contributed by atoms with Crippen LogP contribution in [0, 0.1) is 40.9 Å². The molecular weight excluding hydrogens is 379 g/mol. The maximum atomic E-state index is 13.7. The Morgan fingerprint density at radius 3 is 1.93 bits per heavy atom. The van der Waals surface area contributed by atoms with Crippen LogP contribution in [0.2, 0.25) is 0 Å². The minimum Gasteiger partial charge on any atom is -0.432 e. The molecule has 0 bridgehead atoms. The Kier molecular flexibility index (Phi) is 5.79. The summed E-state index contributed by atoms with van der Waals surface area (Å²) >= 11 is 0. The molecular formula is C17H17F5O5. The Bertz CT molecular complexity index is 748. The number of halogens is 5. The molecule has 0 N–H and O–H groups in total. The molecule has 0 saturated carbocycles. The number of hydrogen-bond donors (Lipinski definition) is 0. The molecule has 1 fully saturated rings. The van der Waals surface area contributed by atoms with E-state index in [2.05, 4.69) is 4.74 Å². The highest BCUT2D eigenvalue weighted by Gasteiger charge is 2.48. The fourth-order valence-corrected chi connectivity index (χ4v) is 2.63. The van der Waals surface area contributed by atoms with Gasteiger partial charge in [0.2, 0.25) is 40.6 Å². The van der Waals surface area contributed by atoms with Crippen LogP contribution in [0.25, 0.3) is 0 Å². The van der Waals surface area contributed by atoms with E-state index >= 15 is 0 Å². The van der Waals surface area contributed by atoms with Crippen LogP contribution in [0.4, 0.5) is 22.0 Å². The molecule has 1 aromatic carbocycles. The van der Waals surface area contributed by atoms with Crippen LogP contribution in [0.5, 0.6) is 5.75 Å². The van der Waals surface area contributed by atoms with Crippen molar-refractivity contribution in [2.75, 3.05) is 0 Å². The van der Waals surface area contributed by atoms with Crippen molar-refractivity contribution >= 4 is 11.9 Å². The van der Waals surface area contributed by atoms with Gasteiger partial charge in [0.25, 0.3) is 0 Å². The zero-order valence-corrected chi connectivity index (χ0v) is 14.9. The molecule has 2 atom stereocenters. The number of ether oxygens (including phenoxy) is 3. The molecule has 0 aromatic heterocycles. The fourth-order valence-electron chi connectivity index (χ4n) is 2.63. The normalized spacial score (nSPS) is 19.9. The third-order valence-electron chi connectivity index (χ3n) is 3.76. The number of carbonyl (C=O) groups is 2. The second-order valence-corrected chi connectivity index (χ2v) is 6.92. The summed E-state index contributed by atoms with van der Waals surface area (Å²) in [5.41, 5.74) is 0. The van der Waals surface area contributed by atoms with Crippen LogP contribution in [-0.2, 0) is 19.1 Å². The lowest BCUT2D eigenvalue weighted by Crippen LogP contribution is -2.37. The van der Waals surface area contributed by atoms with E-state index in [1.165, 1.54) is 13.8 Å². The predicted molar refractivity (Wildman–Crippen MR) is 79.9 cm³/mol. The van der Waals surface area contributed by atoms with Crippen molar-refractivity contribution < 1.29 is 45.8 Å². The molecule has 0 aliphatic carbocycles. The van der Waals surface area contributed by atoms with E-state index in [0.29, 0.717) is 0 Å². The molecule has 1 aromatic rings. The van der Waals surface area contributed by atoms with Gasteiger partial charge in [-0.15, -0.1) is 0 Å². The van der Waals surface area contributed by atoms with Crippen molar-refractivity contribution in [3.05, 3.63) is 29.1 Å². The summed E-state index contributed by atoms with van der Waals surface area (Å²) in [7, 11) is 0. The van der Waals surface area contributed by atoms with E-state index in [-0.39, 0.29) is 12.3 Å². The smallest absolute Gasteiger partial charge is 0.338 e. The third kappa shape index (κ3) is 4.20. The SMILES string of the molecule is CC(C)C[C@@H](C(=O)Oc1c(F)c(F)c(F)c(F)c1F)[C@@H]1OC(C)(C)OC1=O. The first-order chi connectivity index (χ1) is 12.4. The van der Waals surface area contributed by atoms with Gasteiger partial charge < -0.3 is 14.2 Å². The van der Waals surface area contributed by atoms with Crippen LogP contribution in [0.15, 0.2) is 0 Å². The van der Waals surface area contributed by atoms with Gasteiger partial charge in [0.1, 0.15) is 0 Å². The van der Waals surface area contributed by atoms with E-state index < -0.39 is 64.6 Å². The molecule has 0 radical (unpaired) electrons. The Morgan fingerprint density at radius 1 is 1.04 bits per heavy atom. The van der Waals surface area contributed by atoms with Crippen LogP contribution in [0.1, 0.15) is 34.1 Å². The van der Waals surface area contributed by atoms with Gasteiger partial charge in [-0.2, -0.15) is 8.78 Å². The van der Waals surface area contributed by atoms with Gasteiger partial charge in [0.05, 0.1) is 5.92 Å². The van der Waals surface area contributed by atoms with E-state index in [0.717, 1.165) is 0 Å². The summed E-state index contributed by atoms with van der Waals surface area (Å²) in [4.78, 5) is 24.4. The first kappa shape index (κ1) is 21.1. The molecule has 1 saturated heterocycles. The van der Waals surface area contributed by atoms with Crippen molar-refractivity contribution in [2.45, 2.75) is 46.0 Å². The number of rotatable bonds is 5. The van der Waals surface area contributed by atoms with Crippen molar-refractivity contribution in [2.24, 2.45) is 11.8 Å². The van der Waals surface area contributed by atoms with Crippen LogP contribution in [0.3, 0.4) is 0 Å². The van der Waals surface area contributed by atoms with Crippen molar-refractivity contribution in [3.8, 4) is 5.75 Å². The summed E-state index contributed by atoms with van der Waals surface area (Å²) < 4.78 is 81.9. The molecule has 10 heteroatoms. The monoisotopic (exact) mass is 396 g/mol. The van der Waals surface area contributed by atoms with E-state index in [1.807, 2.05) is 0 Å². The maximum Gasteiger partial charge on any atom is 0.338 e. The molecule has 0 spiro atoms. The Hall–Kier alpha value is -2.23. The van der Waals surface area contributed by atoms with E-state index in [1.54, 1.807) is 13.8 Å². The Labute approximate surface area is 151 Å². The number of esters is 2. The molecule has 1 heterocycles. The third-order valence-corrected chi connectivity index (χ3v) is 3.76. The highest BCUT2D eigenvalue weighted by atomic mass is 19.2. The second kappa shape index (κ2) is 7.41. The van der Waals surface area contributed by atoms with Gasteiger partial charge in [0.15, 0.2) is 6.10 Å². The lowest BCUT2D eigenvalue weighted by Gasteiger charge is -2.22. The standard InChI is InChI=1S/C17H17F5O5/c1-6(2)5-7(13-16(24)27-17(3,4)26-13)15(23)25-14-11(21)9(19)8(18)10(20)12(14)22/h6-7,13H,5H2,1-4H3/t7-,13+/m1/s1. The summed E-state index contributed by atoms with van der Waals surface area (Å²) in [5, 5.41) is 0. The minimum absolute atomic E-state index is 0.0237. The molecule has 150 valence electrons. The molecule has 0 unspecified atom stereocenters. The lowest BCUT2D eigenvalue weighted by atomic mass is 9.92. The van der Waals surface area contributed by atoms with Crippen LogP contribution in [-0.4, -0.2) is 23.8 Å². The number of cyclic esters (lactones) is 1. The number of carbonyl (C=O) groups excluding carboxylic acids is 2. The van der Waals surface area contributed by atoms with Gasteiger partial charge >= 0.3 is 11.9 Å². The van der Waals surface area contributed by atoms with Gasteiger partial charge in [-0.1, -0.05) is 13.8 Å². The Morgan fingerprint density at radius 2 is 1.52 bits per heavy atom. The van der Waals surface area contributed by atoms with Crippen LogP contribution < -0.4 is 4.74 Å². The van der Waals surface area contributed by atoms with Gasteiger partial charge in [-0.05, 0) is 12.3 Å². The van der Waals surface area contributed by atoms with Gasteiger partial charge in [-0.3, -0.25) is 4.79 Å². The minimum atomic E-state index is -2.38. The number of hydrogen-bond acceptors (Lipinski definition) is 5. The van der Waals surface area contributed by atoms with Crippen LogP contribution >= 0.6 is 0 Å². The molecule has 1 aliphatic rings. The average Bonchev–Trinajstić information content (AvgIpc) is 2.85. The van der Waals surface area contributed by atoms with Crippen molar-refractivity contribution in [3.63, 3.8) is 0 Å². The molecule has 5 nitrogen and oxygen atoms in total. The zero-order chi connectivity index (χ0) is 20.7. The molecule has 27 heavy (non-hydrogen) atoms. The average molecular weight is 396 g/mol. The predicted octanol–water partition coefficient (Wildman–Crippen LogP) is 3.63. The van der Waals surface area contributed by atoms with Crippen molar-refractivity contribution in [1.82, 2.24) is 0 Å². The Balaban J connectivity index is 2.37. The molecule has 1 aliphatic heterocycles. The maximum absolute atomic E-state index is 13.7. The van der Waals surface area contributed by atoms with Gasteiger partial charge in [-0.25, -0.2) is 18.0 Å². The molecule has 2 rings (SSSR count). The first-order valence-electron chi connectivity index (χ1n) is 7.99. The quantitative estimate of drug-likeness (QED) is 0.250. The highest BCUT2D eigenvalue weighted by Crippen LogP contribution is 2.34. The summed E-state index contributed by atoms with van der Waals surface area (Å²) in [6.45, 7) is 6.19. The summed E-state index contributed by atoms with van der Waals surface area (Å²) in [5.74, 6) is -18.4. The summed E-state index contributed by atoms with van der Waals surface area (Å²) in [6.07, 6.45) is -1.47. The largest absolute Gasteiger partial charge is 0.432 e. The lowest BCUT2D eigenvalue weighted by molar-refractivity contribution is -0.163. The van der Waals surface area contributed by atoms with Crippen molar-refractivity contribution in [1.29, 1.82) is 0 Å².